The highest BCUT2D eigenvalue weighted by atomic mass is 16.5. The number of carbonyl (C=O) groups is 1. The Morgan fingerprint density at radius 1 is 1.37 bits per heavy atom. The second-order valence-corrected chi connectivity index (χ2v) is 4.72. The van der Waals surface area contributed by atoms with Gasteiger partial charge in [-0.15, -0.1) is 0 Å². The summed E-state index contributed by atoms with van der Waals surface area (Å²) < 4.78 is 5.48. The van der Waals surface area contributed by atoms with E-state index in [9.17, 15) is 15.0 Å². The number of β-amino-alcohol motifs (C(OH)–C–C–N with tert-alkyl or cyclic N) is 2. The first-order valence-electron chi connectivity index (χ1n) is 6.50. The van der Waals surface area contributed by atoms with Crippen molar-refractivity contribution in [3.05, 3.63) is 29.8 Å². The van der Waals surface area contributed by atoms with Crippen molar-refractivity contribution in [3.63, 3.8) is 0 Å². The molecule has 5 heteroatoms. The molecule has 0 spiro atoms. The minimum atomic E-state index is -0.858. The number of ether oxygens (including phenoxy) is 1. The normalized spacial score (nSPS) is 22.6. The lowest BCUT2D eigenvalue weighted by molar-refractivity contribution is 0.0572. The Morgan fingerprint density at radius 3 is 2.68 bits per heavy atom. The lowest BCUT2D eigenvalue weighted by atomic mass is 10.2. The Morgan fingerprint density at radius 2 is 2.05 bits per heavy atom. The van der Waals surface area contributed by atoms with E-state index in [2.05, 4.69) is 0 Å². The van der Waals surface area contributed by atoms with Gasteiger partial charge in [0.25, 0.3) is 5.91 Å². The van der Waals surface area contributed by atoms with Crippen molar-refractivity contribution >= 4 is 5.91 Å². The van der Waals surface area contributed by atoms with Gasteiger partial charge in [0.15, 0.2) is 0 Å². The van der Waals surface area contributed by atoms with Gasteiger partial charge in [-0.1, -0.05) is 13.0 Å². The quantitative estimate of drug-likeness (QED) is 0.838. The Bertz CT molecular complexity index is 439. The van der Waals surface area contributed by atoms with Crippen LogP contribution in [0.15, 0.2) is 24.3 Å². The van der Waals surface area contributed by atoms with Gasteiger partial charge in [-0.05, 0) is 24.6 Å². The number of hydrogen-bond donors (Lipinski definition) is 2. The molecule has 1 aromatic carbocycles. The van der Waals surface area contributed by atoms with Crippen LogP contribution in [0.3, 0.4) is 0 Å². The van der Waals surface area contributed by atoms with Gasteiger partial charge in [-0.3, -0.25) is 4.79 Å². The van der Waals surface area contributed by atoms with Crippen molar-refractivity contribution < 1.29 is 19.7 Å². The summed E-state index contributed by atoms with van der Waals surface area (Å²) in [6.45, 7) is 2.96. The monoisotopic (exact) mass is 265 g/mol. The number of rotatable bonds is 4. The van der Waals surface area contributed by atoms with Gasteiger partial charge in [0, 0.05) is 18.7 Å². The van der Waals surface area contributed by atoms with E-state index in [1.54, 1.807) is 24.3 Å². The van der Waals surface area contributed by atoms with Crippen LogP contribution in [0, 0.1) is 0 Å². The minimum Gasteiger partial charge on any atom is -0.494 e. The number of aliphatic hydroxyl groups excluding tert-OH is 2. The van der Waals surface area contributed by atoms with Crippen molar-refractivity contribution in [2.24, 2.45) is 0 Å². The second kappa shape index (κ2) is 6.04. The SMILES string of the molecule is CCCOc1cccc(C(=O)N2C[C@@H](O)[C@@H](O)C2)c1. The Balaban J connectivity index is 2.07. The second-order valence-electron chi connectivity index (χ2n) is 4.72. The van der Waals surface area contributed by atoms with Crippen LogP contribution in [0.4, 0.5) is 0 Å². The topological polar surface area (TPSA) is 70.0 Å². The average molecular weight is 265 g/mol. The van der Waals surface area contributed by atoms with Crippen LogP contribution in [0.25, 0.3) is 0 Å². The zero-order chi connectivity index (χ0) is 13.8. The fourth-order valence-electron chi connectivity index (χ4n) is 2.06. The highest BCUT2D eigenvalue weighted by molar-refractivity contribution is 5.94. The van der Waals surface area contributed by atoms with E-state index in [4.69, 9.17) is 4.74 Å². The zero-order valence-corrected chi connectivity index (χ0v) is 11.0. The smallest absolute Gasteiger partial charge is 0.254 e. The van der Waals surface area contributed by atoms with Crippen LogP contribution in [0.5, 0.6) is 5.75 Å². The van der Waals surface area contributed by atoms with E-state index in [1.807, 2.05) is 6.92 Å². The van der Waals surface area contributed by atoms with Gasteiger partial charge in [0.1, 0.15) is 5.75 Å². The molecule has 1 aromatic rings. The van der Waals surface area contributed by atoms with Crippen LogP contribution in [-0.2, 0) is 0 Å². The molecule has 0 saturated carbocycles. The van der Waals surface area contributed by atoms with Gasteiger partial charge in [-0.2, -0.15) is 0 Å². The van der Waals surface area contributed by atoms with Crippen molar-refractivity contribution in [1.29, 1.82) is 0 Å². The van der Waals surface area contributed by atoms with E-state index >= 15 is 0 Å². The third-order valence-corrected chi connectivity index (χ3v) is 3.10. The summed E-state index contributed by atoms with van der Waals surface area (Å²) in [5.41, 5.74) is 0.509. The van der Waals surface area contributed by atoms with Crippen LogP contribution in [0.2, 0.25) is 0 Å². The first-order valence-corrected chi connectivity index (χ1v) is 6.50. The first kappa shape index (κ1) is 13.8. The van der Waals surface area contributed by atoms with Crippen molar-refractivity contribution in [2.75, 3.05) is 19.7 Å². The Labute approximate surface area is 112 Å². The lowest BCUT2D eigenvalue weighted by Crippen LogP contribution is -2.29. The maximum atomic E-state index is 12.2. The van der Waals surface area contributed by atoms with Crippen LogP contribution >= 0.6 is 0 Å². The number of nitrogens with zero attached hydrogens (tertiary/aromatic N) is 1. The summed E-state index contributed by atoms with van der Waals surface area (Å²) in [4.78, 5) is 13.7. The van der Waals surface area contributed by atoms with Gasteiger partial charge in [0.2, 0.25) is 0 Å². The third-order valence-electron chi connectivity index (χ3n) is 3.10. The molecule has 2 N–H and O–H groups in total. The fraction of sp³-hybridized carbons (Fsp3) is 0.500. The molecule has 2 atom stereocenters. The van der Waals surface area contributed by atoms with E-state index in [-0.39, 0.29) is 19.0 Å². The molecule has 1 saturated heterocycles. The van der Waals surface area contributed by atoms with Gasteiger partial charge >= 0.3 is 0 Å². The van der Waals surface area contributed by atoms with Crippen molar-refractivity contribution in [2.45, 2.75) is 25.6 Å². The maximum Gasteiger partial charge on any atom is 0.254 e. The standard InChI is InChI=1S/C14H19NO4/c1-2-6-19-11-5-3-4-10(7-11)14(18)15-8-12(16)13(17)9-15/h3-5,7,12-13,16-17H,2,6,8-9H2,1H3/t12-,13+. The van der Waals surface area contributed by atoms with Crippen molar-refractivity contribution in [3.8, 4) is 5.75 Å². The average Bonchev–Trinajstić information content (AvgIpc) is 2.76. The molecule has 2 rings (SSSR count). The van der Waals surface area contributed by atoms with Crippen LogP contribution < -0.4 is 4.74 Å². The molecular weight excluding hydrogens is 246 g/mol. The molecule has 0 aromatic heterocycles. The summed E-state index contributed by atoms with van der Waals surface area (Å²) >= 11 is 0. The molecule has 0 aliphatic carbocycles. The summed E-state index contributed by atoms with van der Waals surface area (Å²) in [6, 6.07) is 6.97. The molecule has 1 fully saturated rings. The number of benzene rings is 1. The number of likely N-dealkylation sites (tertiary alicyclic amines) is 1. The highest BCUT2D eigenvalue weighted by Gasteiger charge is 2.32. The van der Waals surface area contributed by atoms with Crippen LogP contribution in [0.1, 0.15) is 23.7 Å². The van der Waals surface area contributed by atoms with Crippen LogP contribution in [-0.4, -0.2) is 52.9 Å². The number of carbonyl (C=O) groups excluding carboxylic acids is 1. The van der Waals surface area contributed by atoms with E-state index in [0.717, 1.165) is 6.42 Å². The molecule has 1 amide bonds. The number of aliphatic hydroxyl groups is 2. The molecule has 1 aliphatic heterocycles. The molecule has 19 heavy (non-hydrogen) atoms. The minimum absolute atomic E-state index is 0.167. The highest BCUT2D eigenvalue weighted by Crippen LogP contribution is 2.18. The molecule has 0 unspecified atom stereocenters. The number of amides is 1. The molecule has 0 bridgehead atoms. The summed E-state index contributed by atoms with van der Waals surface area (Å²) in [6.07, 6.45) is -0.810. The fourth-order valence-corrected chi connectivity index (χ4v) is 2.06. The van der Waals surface area contributed by atoms with Gasteiger partial charge < -0.3 is 19.8 Å². The zero-order valence-electron chi connectivity index (χ0n) is 11.0. The Kier molecular flexibility index (Phi) is 4.39. The van der Waals surface area contributed by atoms with Gasteiger partial charge in [-0.25, -0.2) is 0 Å². The summed E-state index contributed by atoms with van der Waals surface area (Å²) in [5, 5.41) is 18.9. The first-order chi connectivity index (χ1) is 9.11. The largest absolute Gasteiger partial charge is 0.494 e. The molecule has 1 aliphatic rings. The molecule has 104 valence electrons. The number of hydrogen-bond acceptors (Lipinski definition) is 4. The van der Waals surface area contributed by atoms with E-state index in [1.165, 1.54) is 4.90 Å². The lowest BCUT2D eigenvalue weighted by Gasteiger charge is -2.16. The third kappa shape index (κ3) is 3.24. The van der Waals surface area contributed by atoms with Crippen molar-refractivity contribution in [1.82, 2.24) is 4.90 Å². The summed E-state index contributed by atoms with van der Waals surface area (Å²) in [7, 11) is 0. The predicted octanol–water partition coefficient (Wildman–Crippen LogP) is 0.653. The van der Waals surface area contributed by atoms with E-state index in [0.29, 0.717) is 17.9 Å². The maximum absolute atomic E-state index is 12.2. The van der Waals surface area contributed by atoms with Gasteiger partial charge in [0.05, 0.1) is 18.8 Å². The predicted molar refractivity (Wildman–Crippen MR) is 70.1 cm³/mol. The molecule has 0 radical (unpaired) electrons. The van der Waals surface area contributed by atoms with E-state index < -0.39 is 12.2 Å². The Hall–Kier alpha value is -1.59. The summed E-state index contributed by atoms with van der Waals surface area (Å²) in [5.74, 6) is 0.463. The molecule has 1 heterocycles. The molecule has 5 nitrogen and oxygen atoms in total. The molecular formula is C14H19NO4.